The Hall–Kier alpha value is -4.52. The summed E-state index contributed by atoms with van der Waals surface area (Å²) in [5, 5.41) is 10.3. The Kier molecular flexibility index (Phi) is 4.51. The molecule has 1 N–H and O–H groups in total. The molecule has 1 atom stereocenters. The van der Waals surface area contributed by atoms with Crippen LogP contribution in [0, 0.1) is 6.92 Å². The molecule has 0 radical (unpaired) electrons. The van der Waals surface area contributed by atoms with E-state index in [9.17, 15) is 14.7 Å². The SMILES string of the molecule is Cc1ccc(-c2c3c(=O)n(C)c(=O)n(C)c3c3n2-c2ccccc2OC3c2ccc(O)cc2)cc1. The molecule has 35 heavy (non-hydrogen) atoms. The van der Waals surface area contributed by atoms with Crippen molar-refractivity contribution in [3.05, 3.63) is 110 Å². The maximum Gasteiger partial charge on any atom is 0.331 e. The van der Waals surface area contributed by atoms with Gasteiger partial charge in [-0.1, -0.05) is 54.1 Å². The molecule has 5 aromatic rings. The molecule has 0 amide bonds. The lowest BCUT2D eigenvalue weighted by Gasteiger charge is -2.30. The molecule has 0 saturated heterocycles. The lowest BCUT2D eigenvalue weighted by atomic mass is 10.0. The number of rotatable bonds is 2. The van der Waals surface area contributed by atoms with E-state index in [0.29, 0.717) is 28.0 Å². The summed E-state index contributed by atoms with van der Waals surface area (Å²) in [5.74, 6) is 0.806. The van der Waals surface area contributed by atoms with Crippen molar-refractivity contribution in [2.75, 3.05) is 0 Å². The average molecular weight is 466 g/mol. The van der Waals surface area contributed by atoms with Gasteiger partial charge in [-0.25, -0.2) is 4.79 Å². The van der Waals surface area contributed by atoms with Crippen molar-refractivity contribution in [2.24, 2.45) is 14.1 Å². The first kappa shape index (κ1) is 21.0. The van der Waals surface area contributed by atoms with Crippen molar-refractivity contribution in [3.8, 4) is 28.4 Å². The molecule has 7 nitrogen and oxygen atoms in total. The van der Waals surface area contributed by atoms with Crippen molar-refractivity contribution in [1.82, 2.24) is 13.7 Å². The summed E-state index contributed by atoms with van der Waals surface area (Å²) in [6, 6.07) is 22.5. The van der Waals surface area contributed by atoms with E-state index in [1.807, 2.05) is 60.0 Å². The van der Waals surface area contributed by atoms with Gasteiger partial charge >= 0.3 is 5.69 Å². The maximum atomic E-state index is 13.6. The Balaban J connectivity index is 1.85. The topological polar surface area (TPSA) is 78.4 Å². The van der Waals surface area contributed by atoms with Crippen molar-refractivity contribution in [3.63, 3.8) is 0 Å². The van der Waals surface area contributed by atoms with E-state index in [1.54, 1.807) is 31.3 Å². The number of fused-ring (bicyclic) bond motifs is 5. The quantitative estimate of drug-likeness (QED) is 0.424. The third-order valence-electron chi connectivity index (χ3n) is 6.73. The summed E-state index contributed by atoms with van der Waals surface area (Å²) in [7, 11) is 3.18. The summed E-state index contributed by atoms with van der Waals surface area (Å²) < 4.78 is 11.2. The average Bonchev–Trinajstić information content (AvgIpc) is 3.23. The summed E-state index contributed by atoms with van der Waals surface area (Å²) in [6.45, 7) is 2.02. The van der Waals surface area contributed by atoms with Gasteiger partial charge in [-0.15, -0.1) is 0 Å². The number of ether oxygens (including phenoxy) is 1. The van der Waals surface area contributed by atoms with Crippen LogP contribution >= 0.6 is 0 Å². The van der Waals surface area contributed by atoms with Gasteiger partial charge in [-0.3, -0.25) is 13.9 Å². The minimum Gasteiger partial charge on any atom is -0.508 e. The van der Waals surface area contributed by atoms with Crippen LogP contribution in [-0.4, -0.2) is 18.8 Å². The molecule has 0 saturated carbocycles. The van der Waals surface area contributed by atoms with E-state index in [-0.39, 0.29) is 11.3 Å². The van der Waals surface area contributed by atoms with Gasteiger partial charge in [0.1, 0.15) is 11.5 Å². The van der Waals surface area contributed by atoms with E-state index in [0.717, 1.165) is 26.9 Å². The molecule has 0 fully saturated rings. The zero-order valence-corrected chi connectivity index (χ0v) is 19.5. The zero-order valence-electron chi connectivity index (χ0n) is 19.5. The van der Waals surface area contributed by atoms with E-state index < -0.39 is 11.8 Å². The van der Waals surface area contributed by atoms with Gasteiger partial charge in [0, 0.05) is 14.1 Å². The van der Waals surface area contributed by atoms with Crippen molar-refractivity contribution >= 4 is 10.9 Å². The van der Waals surface area contributed by atoms with E-state index in [4.69, 9.17) is 4.74 Å². The molecule has 6 rings (SSSR count). The predicted octanol–water partition coefficient (Wildman–Crippen LogP) is 4.19. The van der Waals surface area contributed by atoms with Crippen LogP contribution in [0.2, 0.25) is 0 Å². The summed E-state index contributed by atoms with van der Waals surface area (Å²) in [5.41, 5.74) is 4.72. The van der Waals surface area contributed by atoms with Gasteiger partial charge in [0.25, 0.3) is 5.56 Å². The van der Waals surface area contributed by atoms with Crippen LogP contribution in [0.4, 0.5) is 0 Å². The zero-order chi connectivity index (χ0) is 24.4. The highest BCUT2D eigenvalue weighted by Gasteiger charge is 2.36. The number of aromatic nitrogens is 3. The maximum absolute atomic E-state index is 13.6. The molecule has 0 spiro atoms. The molecule has 3 heterocycles. The Morgan fingerprint density at radius 1 is 0.857 bits per heavy atom. The van der Waals surface area contributed by atoms with Crippen molar-refractivity contribution in [1.29, 1.82) is 0 Å². The number of nitrogens with zero attached hydrogens (tertiary/aromatic N) is 3. The van der Waals surface area contributed by atoms with Crippen LogP contribution in [0.1, 0.15) is 22.9 Å². The molecule has 0 bridgehead atoms. The largest absolute Gasteiger partial charge is 0.508 e. The van der Waals surface area contributed by atoms with Crippen LogP contribution in [0.3, 0.4) is 0 Å². The van der Waals surface area contributed by atoms with Gasteiger partial charge < -0.3 is 14.4 Å². The van der Waals surface area contributed by atoms with Gasteiger partial charge in [0.15, 0.2) is 6.10 Å². The second kappa shape index (κ2) is 7.50. The third-order valence-corrected chi connectivity index (χ3v) is 6.73. The summed E-state index contributed by atoms with van der Waals surface area (Å²) in [4.78, 5) is 26.7. The summed E-state index contributed by atoms with van der Waals surface area (Å²) in [6.07, 6.45) is -0.607. The number of phenols is 1. The lowest BCUT2D eigenvalue weighted by Crippen LogP contribution is -2.37. The van der Waals surface area contributed by atoms with E-state index in [2.05, 4.69) is 0 Å². The Labute approximate surface area is 200 Å². The normalized spacial score (nSPS) is 14.4. The number of para-hydroxylation sites is 2. The predicted molar refractivity (Wildman–Crippen MR) is 135 cm³/mol. The molecule has 1 aliphatic rings. The first-order chi connectivity index (χ1) is 16.9. The minimum atomic E-state index is -0.607. The molecule has 2 aromatic heterocycles. The van der Waals surface area contributed by atoms with Gasteiger partial charge in [-0.2, -0.15) is 0 Å². The number of hydrogen-bond acceptors (Lipinski definition) is 4. The van der Waals surface area contributed by atoms with Crippen molar-refractivity contribution in [2.45, 2.75) is 13.0 Å². The Morgan fingerprint density at radius 3 is 2.26 bits per heavy atom. The first-order valence-electron chi connectivity index (χ1n) is 11.3. The smallest absolute Gasteiger partial charge is 0.331 e. The molecule has 1 aliphatic heterocycles. The van der Waals surface area contributed by atoms with E-state index in [1.165, 1.54) is 11.6 Å². The lowest BCUT2D eigenvalue weighted by molar-refractivity contribution is 0.229. The van der Waals surface area contributed by atoms with Gasteiger partial charge in [0.2, 0.25) is 0 Å². The number of phenolic OH excluding ortho intramolecular Hbond substituents is 1. The minimum absolute atomic E-state index is 0.145. The Morgan fingerprint density at radius 2 is 1.54 bits per heavy atom. The molecular weight excluding hydrogens is 442 g/mol. The highest BCUT2D eigenvalue weighted by atomic mass is 16.5. The third kappa shape index (κ3) is 2.98. The Bertz CT molecular complexity index is 1740. The summed E-state index contributed by atoms with van der Waals surface area (Å²) >= 11 is 0. The number of aromatic hydroxyl groups is 1. The highest BCUT2D eigenvalue weighted by molar-refractivity contribution is 5.98. The molecule has 3 aromatic carbocycles. The second-order valence-corrected chi connectivity index (χ2v) is 8.92. The van der Waals surface area contributed by atoms with Gasteiger partial charge in [-0.05, 0) is 42.3 Å². The van der Waals surface area contributed by atoms with E-state index >= 15 is 0 Å². The molecule has 7 heteroatoms. The van der Waals surface area contributed by atoms with Crippen LogP contribution in [0.25, 0.3) is 27.8 Å². The fourth-order valence-corrected chi connectivity index (χ4v) is 4.97. The monoisotopic (exact) mass is 465 g/mol. The molecule has 0 aliphatic carbocycles. The number of benzene rings is 3. The molecule has 174 valence electrons. The molecule has 1 unspecified atom stereocenters. The van der Waals surface area contributed by atoms with Crippen LogP contribution < -0.4 is 16.0 Å². The number of aryl methyl sites for hydroxylation is 2. The first-order valence-corrected chi connectivity index (χ1v) is 11.3. The van der Waals surface area contributed by atoms with Crippen LogP contribution in [0.5, 0.6) is 11.5 Å². The fraction of sp³-hybridized carbons (Fsp3) is 0.143. The highest BCUT2D eigenvalue weighted by Crippen LogP contribution is 2.46. The number of hydrogen-bond donors (Lipinski definition) is 1. The van der Waals surface area contributed by atoms with Crippen molar-refractivity contribution < 1.29 is 9.84 Å². The van der Waals surface area contributed by atoms with Crippen LogP contribution in [0.15, 0.2) is 82.4 Å². The fourth-order valence-electron chi connectivity index (χ4n) is 4.97. The molecular formula is C28H23N3O4. The van der Waals surface area contributed by atoms with Crippen LogP contribution in [-0.2, 0) is 14.1 Å². The second-order valence-electron chi connectivity index (χ2n) is 8.92. The standard InChI is InChI=1S/C28H23N3O4/c1-16-8-10-17(11-9-16)23-22-24(29(2)28(34)30(3)27(22)33)25-26(18-12-14-19(32)15-13-18)35-21-7-5-4-6-20(21)31(23)25/h4-15,26,32H,1-3H3. The van der Waals surface area contributed by atoms with Gasteiger partial charge in [0.05, 0.1) is 28.0 Å².